The minimum absolute atomic E-state index is 0.368. The number of nitrogens with zero attached hydrogens (tertiary/aromatic N) is 2. The summed E-state index contributed by atoms with van der Waals surface area (Å²) in [5.74, 6) is 6.31. The van der Waals surface area contributed by atoms with Crippen molar-refractivity contribution < 1.29 is 0 Å². The summed E-state index contributed by atoms with van der Waals surface area (Å²) >= 11 is 18.3. The van der Waals surface area contributed by atoms with Crippen molar-refractivity contribution in [2.24, 2.45) is 5.84 Å². The third kappa shape index (κ3) is 3.27. The van der Waals surface area contributed by atoms with Crippen LogP contribution in [-0.2, 0) is 6.54 Å². The van der Waals surface area contributed by atoms with E-state index in [1.54, 1.807) is 6.07 Å². The molecule has 2 aromatic rings. The van der Waals surface area contributed by atoms with Gasteiger partial charge in [0.05, 0.1) is 10.0 Å². The summed E-state index contributed by atoms with van der Waals surface area (Å²) in [5, 5.41) is 1.51. The molecule has 0 bridgehead atoms. The van der Waals surface area contributed by atoms with Gasteiger partial charge in [0.15, 0.2) is 5.82 Å². The van der Waals surface area contributed by atoms with Crippen LogP contribution in [0.15, 0.2) is 30.3 Å². The molecular weight excluding hydrogens is 319 g/mol. The summed E-state index contributed by atoms with van der Waals surface area (Å²) in [5.41, 5.74) is 3.42. The number of halogens is 3. The molecule has 0 spiro atoms. The molecule has 0 saturated heterocycles. The Bertz CT molecular complexity index is 619. The van der Waals surface area contributed by atoms with Gasteiger partial charge in [-0.25, -0.2) is 10.8 Å². The van der Waals surface area contributed by atoms with Gasteiger partial charge in [-0.15, -0.1) is 0 Å². The predicted molar refractivity (Wildman–Crippen MR) is 85.6 cm³/mol. The summed E-state index contributed by atoms with van der Waals surface area (Å²) in [6.45, 7) is 0.567. The number of aromatic nitrogens is 1. The molecule has 0 aliphatic heterocycles. The number of anilines is 2. The smallest absolute Gasteiger partial charge is 0.161 e. The minimum atomic E-state index is 0.368. The second kappa shape index (κ2) is 6.50. The summed E-state index contributed by atoms with van der Waals surface area (Å²) in [6, 6.07) is 9.21. The van der Waals surface area contributed by atoms with Crippen molar-refractivity contribution in [3.05, 3.63) is 51.0 Å². The van der Waals surface area contributed by atoms with Gasteiger partial charge < -0.3 is 10.3 Å². The lowest BCUT2D eigenvalue weighted by Gasteiger charge is -2.21. The first-order valence-corrected chi connectivity index (χ1v) is 6.93. The molecule has 7 heteroatoms. The topological polar surface area (TPSA) is 54.2 Å². The molecule has 1 aromatic carbocycles. The Kier molecular flexibility index (Phi) is 4.94. The Labute approximate surface area is 132 Å². The van der Waals surface area contributed by atoms with E-state index in [4.69, 9.17) is 40.6 Å². The SMILES string of the molecule is CN(Cc1ccccc1Cl)c1nc(NN)c(Cl)cc1Cl. The normalized spacial score (nSPS) is 10.4. The van der Waals surface area contributed by atoms with E-state index in [1.165, 1.54) is 0 Å². The van der Waals surface area contributed by atoms with Crippen LogP contribution in [0.25, 0.3) is 0 Å². The van der Waals surface area contributed by atoms with Crippen LogP contribution < -0.4 is 16.2 Å². The van der Waals surface area contributed by atoms with Crippen molar-refractivity contribution in [1.29, 1.82) is 0 Å². The molecule has 1 heterocycles. The first-order chi connectivity index (χ1) is 9.52. The van der Waals surface area contributed by atoms with Gasteiger partial charge in [0, 0.05) is 18.6 Å². The van der Waals surface area contributed by atoms with Gasteiger partial charge in [0.2, 0.25) is 0 Å². The number of pyridine rings is 1. The summed E-state index contributed by atoms with van der Waals surface area (Å²) in [4.78, 5) is 6.17. The molecule has 4 nitrogen and oxygen atoms in total. The van der Waals surface area contributed by atoms with Gasteiger partial charge in [-0.3, -0.25) is 0 Å². The van der Waals surface area contributed by atoms with E-state index >= 15 is 0 Å². The maximum atomic E-state index is 6.17. The Morgan fingerprint density at radius 2 is 1.85 bits per heavy atom. The van der Waals surface area contributed by atoms with E-state index in [0.717, 1.165) is 5.56 Å². The monoisotopic (exact) mass is 330 g/mol. The van der Waals surface area contributed by atoms with Gasteiger partial charge in [-0.2, -0.15) is 0 Å². The maximum Gasteiger partial charge on any atom is 0.161 e. The standard InChI is InChI=1S/C13H13Cl3N4/c1-20(7-8-4-2-3-5-9(8)14)13-11(16)6-10(15)12(18-13)19-17/h2-6H,7,17H2,1H3,(H,18,19). The summed E-state index contributed by atoms with van der Waals surface area (Å²) < 4.78 is 0. The average molecular weight is 332 g/mol. The van der Waals surface area contributed by atoms with Crippen LogP contribution in [-0.4, -0.2) is 12.0 Å². The first-order valence-electron chi connectivity index (χ1n) is 5.80. The van der Waals surface area contributed by atoms with E-state index in [-0.39, 0.29) is 0 Å². The highest BCUT2D eigenvalue weighted by molar-refractivity contribution is 6.37. The van der Waals surface area contributed by atoms with Crippen LogP contribution in [0, 0.1) is 0 Å². The Balaban J connectivity index is 2.30. The fourth-order valence-corrected chi connectivity index (χ4v) is 2.54. The average Bonchev–Trinajstić information content (AvgIpc) is 2.41. The van der Waals surface area contributed by atoms with E-state index in [1.807, 2.05) is 36.2 Å². The second-order valence-electron chi connectivity index (χ2n) is 4.22. The van der Waals surface area contributed by atoms with E-state index in [0.29, 0.717) is 33.2 Å². The second-order valence-corrected chi connectivity index (χ2v) is 5.44. The molecule has 0 aliphatic carbocycles. The van der Waals surface area contributed by atoms with Gasteiger partial charge in [0.1, 0.15) is 5.82 Å². The molecule has 0 fully saturated rings. The van der Waals surface area contributed by atoms with Gasteiger partial charge in [-0.05, 0) is 17.7 Å². The highest BCUT2D eigenvalue weighted by Gasteiger charge is 2.13. The Hall–Kier alpha value is -1.20. The lowest BCUT2D eigenvalue weighted by Crippen LogP contribution is -2.20. The summed E-state index contributed by atoms with van der Waals surface area (Å²) in [6.07, 6.45) is 0. The number of benzene rings is 1. The minimum Gasteiger partial charge on any atom is -0.354 e. The molecule has 0 atom stereocenters. The molecule has 0 radical (unpaired) electrons. The third-order valence-corrected chi connectivity index (χ3v) is 3.71. The number of nitrogens with one attached hydrogen (secondary N) is 1. The molecule has 0 amide bonds. The van der Waals surface area contributed by atoms with Crippen LogP contribution in [0.4, 0.5) is 11.6 Å². The molecule has 0 aliphatic rings. The quantitative estimate of drug-likeness (QED) is 0.657. The molecule has 2 rings (SSSR count). The molecular formula is C13H13Cl3N4. The molecule has 106 valence electrons. The number of hydrazine groups is 1. The van der Waals surface area contributed by atoms with Crippen LogP contribution in [0.3, 0.4) is 0 Å². The lowest BCUT2D eigenvalue weighted by atomic mass is 10.2. The van der Waals surface area contributed by atoms with Crippen molar-refractivity contribution in [2.75, 3.05) is 17.4 Å². The maximum absolute atomic E-state index is 6.17. The van der Waals surface area contributed by atoms with Crippen molar-refractivity contribution in [1.82, 2.24) is 4.98 Å². The molecule has 0 saturated carbocycles. The zero-order valence-corrected chi connectivity index (χ0v) is 13.0. The van der Waals surface area contributed by atoms with Gasteiger partial charge in [0.25, 0.3) is 0 Å². The van der Waals surface area contributed by atoms with Gasteiger partial charge >= 0.3 is 0 Å². The molecule has 0 unspecified atom stereocenters. The molecule has 20 heavy (non-hydrogen) atoms. The van der Waals surface area contributed by atoms with Crippen LogP contribution in [0.1, 0.15) is 5.56 Å². The fraction of sp³-hybridized carbons (Fsp3) is 0.154. The number of hydrogen-bond donors (Lipinski definition) is 2. The van der Waals surface area contributed by atoms with E-state index in [2.05, 4.69) is 10.4 Å². The predicted octanol–water partition coefficient (Wildman–Crippen LogP) is 3.96. The highest BCUT2D eigenvalue weighted by Crippen LogP contribution is 2.31. The Morgan fingerprint density at radius 3 is 2.50 bits per heavy atom. The van der Waals surface area contributed by atoms with Crippen LogP contribution in [0.5, 0.6) is 0 Å². The van der Waals surface area contributed by atoms with Gasteiger partial charge in [-0.1, -0.05) is 53.0 Å². The zero-order chi connectivity index (χ0) is 14.7. The van der Waals surface area contributed by atoms with E-state index in [9.17, 15) is 0 Å². The van der Waals surface area contributed by atoms with Crippen LogP contribution >= 0.6 is 34.8 Å². The summed E-state index contributed by atoms with van der Waals surface area (Å²) in [7, 11) is 1.87. The number of rotatable bonds is 4. The lowest BCUT2D eigenvalue weighted by molar-refractivity contribution is 0.898. The van der Waals surface area contributed by atoms with Crippen molar-refractivity contribution >= 4 is 46.4 Å². The zero-order valence-electron chi connectivity index (χ0n) is 10.7. The third-order valence-electron chi connectivity index (χ3n) is 2.77. The molecule has 3 N–H and O–H groups in total. The van der Waals surface area contributed by atoms with Crippen molar-refractivity contribution in [3.8, 4) is 0 Å². The fourth-order valence-electron chi connectivity index (χ4n) is 1.78. The first kappa shape index (κ1) is 15.2. The number of hydrogen-bond acceptors (Lipinski definition) is 4. The number of nitrogens with two attached hydrogens (primary N) is 1. The van der Waals surface area contributed by atoms with E-state index < -0.39 is 0 Å². The highest BCUT2D eigenvalue weighted by atomic mass is 35.5. The Morgan fingerprint density at radius 1 is 1.15 bits per heavy atom. The van der Waals surface area contributed by atoms with Crippen molar-refractivity contribution in [3.63, 3.8) is 0 Å². The molecule has 1 aromatic heterocycles. The van der Waals surface area contributed by atoms with Crippen LogP contribution in [0.2, 0.25) is 15.1 Å². The largest absolute Gasteiger partial charge is 0.354 e. The van der Waals surface area contributed by atoms with Crippen molar-refractivity contribution in [2.45, 2.75) is 6.54 Å². The number of nitrogen functional groups attached to an aromatic ring is 1.